The monoisotopic (exact) mass is 262 g/mol. The molecule has 0 atom stereocenters. The van der Waals surface area contributed by atoms with Gasteiger partial charge in [0.2, 0.25) is 0 Å². The zero-order chi connectivity index (χ0) is 10.7. The molecule has 0 amide bonds. The Hall–Kier alpha value is -1.55. The molecule has 1 heterocycles. The predicted octanol–water partition coefficient (Wildman–Crippen LogP) is 2.72. The Kier molecular flexibility index (Phi) is 2.87. The van der Waals surface area contributed by atoms with Gasteiger partial charge in [-0.3, -0.25) is 9.78 Å². The minimum Gasteiger partial charge on any atom is -0.298 e. The highest BCUT2D eigenvalue weighted by molar-refractivity contribution is 9.10. The van der Waals surface area contributed by atoms with Crippen LogP contribution >= 0.6 is 15.9 Å². The largest absolute Gasteiger partial charge is 0.298 e. The summed E-state index contributed by atoms with van der Waals surface area (Å²) in [5, 5.41) is 0. The van der Waals surface area contributed by atoms with Gasteiger partial charge in [0, 0.05) is 11.1 Å². The molecule has 0 aliphatic heterocycles. The van der Waals surface area contributed by atoms with Crippen LogP contribution in [0.1, 0.15) is 10.4 Å². The Balaban J connectivity index is 2.37. The van der Waals surface area contributed by atoms with Crippen LogP contribution in [-0.2, 0) is 0 Å². The van der Waals surface area contributed by atoms with Crippen molar-refractivity contribution in [1.82, 2.24) is 9.97 Å². The lowest BCUT2D eigenvalue weighted by molar-refractivity contribution is 0.112. The van der Waals surface area contributed by atoms with E-state index in [2.05, 4.69) is 25.9 Å². The zero-order valence-electron chi connectivity index (χ0n) is 7.72. The average molecular weight is 263 g/mol. The van der Waals surface area contributed by atoms with Gasteiger partial charge in [0.25, 0.3) is 0 Å². The minimum absolute atomic E-state index is 0.656. The highest BCUT2D eigenvalue weighted by Crippen LogP contribution is 2.17. The molecule has 2 rings (SSSR count). The first-order chi connectivity index (χ1) is 7.29. The lowest BCUT2D eigenvalue weighted by atomic mass is 10.1. The third-order valence-electron chi connectivity index (χ3n) is 1.96. The summed E-state index contributed by atoms with van der Waals surface area (Å²) in [4.78, 5) is 18.8. The van der Waals surface area contributed by atoms with Gasteiger partial charge in [0.15, 0.2) is 0 Å². The normalized spacial score (nSPS) is 9.93. The lowest BCUT2D eigenvalue weighted by Crippen LogP contribution is -1.86. The summed E-state index contributed by atoms with van der Waals surface area (Å²) >= 11 is 3.22. The van der Waals surface area contributed by atoms with Gasteiger partial charge >= 0.3 is 0 Å². The number of aldehydes is 1. The molecule has 0 fully saturated rings. The second-order valence-corrected chi connectivity index (χ2v) is 3.78. The Bertz CT molecular complexity index is 465. The van der Waals surface area contributed by atoms with Gasteiger partial charge in [0.05, 0.1) is 18.1 Å². The van der Waals surface area contributed by atoms with Crippen LogP contribution in [0.5, 0.6) is 0 Å². The van der Waals surface area contributed by atoms with Crippen LogP contribution in [0.2, 0.25) is 0 Å². The second kappa shape index (κ2) is 4.31. The summed E-state index contributed by atoms with van der Waals surface area (Å²) in [5.41, 5.74) is 2.39. The summed E-state index contributed by atoms with van der Waals surface area (Å²) in [6, 6.07) is 7.21. The van der Waals surface area contributed by atoms with Gasteiger partial charge in [-0.15, -0.1) is 0 Å². The Labute approximate surface area is 95.3 Å². The van der Waals surface area contributed by atoms with E-state index in [4.69, 9.17) is 0 Å². The van der Waals surface area contributed by atoms with Crippen molar-refractivity contribution in [3.63, 3.8) is 0 Å². The van der Waals surface area contributed by atoms with E-state index in [0.717, 1.165) is 17.5 Å². The molecule has 0 N–H and O–H groups in total. The number of benzene rings is 1. The summed E-state index contributed by atoms with van der Waals surface area (Å²) in [6.45, 7) is 0. The predicted molar refractivity (Wildman–Crippen MR) is 60.6 cm³/mol. The summed E-state index contributed by atoms with van der Waals surface area (Å²) in [6.07, 6.45) is 4.14. The van der Waals surface area contributed by atoms with Gasteiger partial charge in [0.1, 0.15) is 10.9 Å². The zero-order valence-corrected chi connectivity index (χ0v) is 9.31. The van der Waals surface area contributed by atoms with Gasteiger partial charge in [-0.05, 0) is 15.9 Å². The number of hydrogen-bond acceptors (Lipinski definition) is 3. The quantitative estimate of drug-likeness (QED) is 0.782. The van der Waals surface area contributed by atoms with Crippen LogP contribution in [0.15, 0.2) is 41.3 Å². The maximum Gasteiger partial charge on any atom is 0.150 e. The Morgan fingerprint density at radius 3 is 2.33 bits per heavy atom. The summed E-state index contributed by atoms with van der Waals surface area (Å²) in [7, 11) is 0. The molecule has 1 aromatic carbocycles. The lowest BCUT2D eigenvalue weighted by Gasteiger charge is -1.99. The number of carbonyl (C=O) groups is 1. The van der Waals surface area contributed by atoms with E-state index in [1.165, 1.54) is 0 Å². The number of aromatic nitrogens is 2. The first-order valence-corrected chi connectivity index (χ1v) is 5.12. The standard InChI is InChI=1S/C11H7BrN2O/c12-11-6-13-10(5-14-11)9-3-1-8(7-15)2-4-9/h1-7H. The number of hydrogen-bond donors (Lipinski definition) is 0. The third kappa shape index (κ3) is 2.27. The molecule has 74 valence electrons. The van der Waals surface area contributed by atoms with Crippen molar-refractivity contribution in [1.29, 1.82) is 0 Å². The van der Waals surface area contributed by atoms with Crippen LogP contribution in [0.4, 0.5) is 0 Å². The molecule has 0 unspecified atom stereocenters. The van der Waals surface area contributed by atoms with Crippen LogP contribution < -0.4 is 0 Å². The van der Waals surface area contributed by atoms with E-state index in [1.807, 2.05) is 12.1 Å². The molecule has 15 heavy (non-hydrogen) atoms. The summed E-state index contributed by atoms with van der Waals surface area (Å²) in [5.74, 6) is 0. The van der Waals surface area contributed by atoms with Crippen molar-refractivity contribution >= 4 is 22.2 Å². The first-order valence-electron chi connectivity index (χ1n) is 4.33. The van der Waals surface area contributed by atoms with E-state index in [0.29, 0.717) is 10.2 Å². The molecule has 3 nitrogen and oxygen atoms in total. The molecule has 0 radical (unpaired) electrons. The fourth-order valence-corrected chi connectivity index (χ4v) is 1.40. The minimum atomic E-state index is 0.656. The van der Waals surface area contributed by atoms with Crippen molar-refractivity contribution in [2.24, 2.45) is 0 Å². The van der Waals surface area contributed by atoms with Crippen molar-refractivity contribution in [3.05, 3.63) is 46.8 Å². The molecule has 0 aliphatic rings. The van der Waals surface area contributed by atoms with Crippen molar-refractivity contribution < 1.29 is 4.79 Å². The molecule has 4 heteroatoms. The topological polar surface area (TPSA) is 42.9 Å². The Morgan fingerprint density at radius 1 is 1.07 bits per heavy atom. The molecule has 1 aromatic heterocycles. The highest BCUT2D eigenvalue weighted by atomic mass is 79.9. The van der Waals surface area contributed by atoms with Crippen LogP contribution in [-0.4, -0.2) is 16.3 Å². The molecule has 0 aliphatic carbocycles. The third-order valence-corrected chi connectivity index (χ3v) is 2.37. The second-order valence-electron chi connectivity index (χ2n) is 2.96. The van der Waals surface area contributed by atoms with E-state index >= 15 is 0 Å². The Morgan fingerprint density at radius 2 is 1.80 bits per heavy atom. The average Bonchev–Trinajstić information content (AvgIpc) is 2.30. The van der Waals surface area contributed by atoms with Gasteiger partial charge in [-0.2, -0.15) is 0 Å². The van der Waals surface area contributed by atoms with E-state index in [-0.39, 0.29) is 0 Å². The molecule has 2 aromatic rings. The van der Waals surface area contributed by atoms with Crippen LogP contribution in [0, 0.1) is 0 Å². The van der Waals surface area contributed by atoms with Gasteiger partial charge in [-0.1, -0.05) is 24.3 Å². The van der Waals surface area contributed by atoms with Crippen LogP contribution in [0.3, 0.4) is 0 Å². The molecule has 0 saturated carbocycles. The SMILES string of the molecule is O=Cc1ccc(-c2cnc(Br)cn2)cc1. The molecule has 0 spiro atoms. The van der Waals surface area contributed by atoms with Crippen molar-refractivity contribution in [2.75, 3.05) is 0 Å². The smallest absolute Gasteiger partial charge is 0.150 e. The number of carbonyl (C=O) groups excluding carboxylic acids is 1. The fourth-order valence-electron chi connectivity index (χ4n) is 1.19. The van der Waals surface area contributed by atoms with Gasteiger partial charge < -0.3 is 0 Å². The van der Waals surface area contributed by atoms with E-state index < -0.39 is 0 Å². The summed E-state index contributed by atoms with van der Waals surface area (Å²) < 4.78 is 0.704. The maximum atomic E-state index is 10.5. The number of rotatable bonds is 2. The fraction of sp³-hybridized carbons (Fsp3) is 0. The highest BCUT2D eigenvalue weighted by Gasteiger charge is 1.99. The van der Waals surface area contributed by atoms with Crippen LogP contribution in [0.25, 0.3) is 11.3 Å². The molecular weight excluding hydrogens is 256 g/mol. The molecule has 0 saturated heterocycles. The number of nitrogens with zero attached hydrogens (tertiary/aromatic N) is 2. The van der Waals surface area contributed by atoms with Gasteiger partial charge in [-0.25, -0.2) is 4.98 Å². The van der Waals surface area contributed by atoms with E-state index in [1.54, 1.807) is 24.5 Å². The van der Waals surface area contributed by atoms with E-state index in [9.17, 15) is 4.79 Å². The molecule has 0 bridgehead atoms. The molecular formula is C11H7BrN2O. The van der Waals surface area contributed by atoms with Crippen molar-refractivity contribution in [2.45, 2.75) is 0 Å². The van der Waals surface area contributed by atoms with Crippen molar-refractivity contribution in [3.8, 4) is 11.3 Å². The first kappa shape index (κ1) is 9.98. The number of halogens is 1. The maximum absolute atomic E-state index is 10.5.